The molecule has 21 heavy (non-hydrogen) atoms. The minimum absolute atomic E-state index is 0.131. The van der Waals surface area contributed by atoms with E-state index in [0.29, 0.717) is 6.04 Å². The Morgan fingerprint density at radius 1 is 1.19 bits per heavy atom. The largest absolute Gasteiger partial charge is 0.497 e. The Bertz CT molecular complexity index is 423. The lowest BCUT2D eigenvalue weighted by atomic mass is 9.97. The maximum atomic E-state index is 6.34. The van der Waals surface area contributed by atoms with Crippen molar-refractivity contribution in [3.05, 3.63) is 29.8 Å². The molecule has 0 aromatic heterocycles. The van der Waals surface area contributed by atoms with E-state index in [1.807, 2.05) is 12.1 Å². The molecule has 0 bridgehead atoms. The lowest BCUT2D eigenvalue weighted by Gasteiger charge is -2.35. The first kappa shape index (κ1) is 16.3. The third kappa shape index (κ3) is 4.45. The zero-order chi connectivity index (χ0) is 15.4. The summed E-state index contributed by atoms with van der Waals surface area (Å²) in [5, 5.41) is 0. The fourth-order valence-corrected chi connectivity index (χ4v) is 2.96. The fourth-order valence-electron chi connectivity index (χ4n) is 2.96. The van der Waals surface area contributed by atoms with Crippen LogP contribution in [0.4, 0.5) is 0 Å². The number of ether oxygens (including phenoxy) is 1. The molecule has 118 valence electrons. The lowest BCUT2D eigenvalue weighted by Crippen LogP contribution is -2.41. The molecule has 0 saturated heterocycles. The Morgan fingerprint density at radius 3 is 2.24 bits per heavy atom. The van der Waals surface area contributed by atoms with Crippen molar-refractivity contribution in [2.24, 2.45) is 11.7 Å². The summed E-state index contributed by atoms with van der Waals surface area (Å²) in [6.45, 7) is 7.85. The Morgan fingerprint density at radius 2 is 1.81 bits per heavy atom. The van der Waals surface area contributed by atoms with Crippen molar-refractivity contribution < 1.29 is 4.74 Å². The van der Waals surface area contributed by atoms with Gasteiger partial charge >= 0.3 is 0 Å². The molecule has 2 N–H and O–H groups in total. The van der Waals surface area contributed by atoms with E-state index in [2.05, 4.69) is 37.8 Å². The Hall–Kier alpha value is -1.06. The van der Waals surface area contributed by atoms with Crippen molar-refractivity contribution in [1.82, 2.24) is 4.90 Å². The molecule has 0 radical (unpaired) electrons. The molecular weight excluding hydrogens is 260 g/mol. The second-order valence-electron chi connectivity index (χ2n) is 6.73. The first-order chi connectivity index (χ1) is 10.0. The molecule has 1 fully saturated rings. The van der Waals surface area contributed by atoms with Crippen LogP contribution in [-0.2, 0) is 0 Å². The highest BCUT2D eigenvalue weighted by Crippen LogP contribution is 2.36. The van der Waals surface area contributed by atoms with Gasteiger partial charge in [-0.15, -0.1) is 0 Å². The van der Waals surface area contributed by atoms with E-state index in [4.69, 9.17) is 10.5 Å². The average molecular weight is 290 g/mol. The highest BCUT2D eigenvalue weighted by molar-refractivity contribution is 5.30. The van der Waals surface area contributed by atoms with E-state index in [-0.39, 0.29) is 6.04 Å². The fraction of sp³-hybridized carbons (Fsp3) is 0.667. The van der Waals surface area contributed by atoms with Crippen LogP contribution in [0.3, 0.4) is 0 Å². The summed E-state index contributed by atoms with van der Waals surface area (Å²) in [6, 6.07) is 9.57. The van der Waals surface area contributed by atoms with E-state index >= 15 is 0 Å². The minimum Gasteiger partial charge on any atom is -0.497 e. The zero-order valence-corrected chi connectivity index (χ0v) is 13.9. The highest BCUT2D eigenvalue weighted by atomic mass is 16.5. The van der Waals surface area contributed by atoms with Crippen molar-refractivity contribution >= 4 is 0 Å². The molecule has 1 aromatic carbocycles. The number of methoxy groups -OCH3 is 1. The molecular formula is C18H30N2O. The van der Waals surface area contributed by atoms with E-state index in [1.54, 1.807) is 7.11 Å². The first-order valence-electron chi connectivity index (χ1n) is 8.18. The monoisotopic (exact) mass is 290 g/mol. The minimum atomic E-state index is 0.131. The second kappa shape index (κ2) is 7.28. The lowest BCUT2D eigenvalue weighted by molar-refractivity contribution is 0.157. The number of nitrogens with two attached hydrogens (primary N) is 1. The van der Waals surface area contributed by atoms with Crippen LogP contribution in [0.5, 0.6) is 5.75 Å². The van der Waals surface area contributed by atoms with Gasteiger partial charge in [0.25, 0.3) is 0 Å². The summed E-state index contributed by atoms with van der Waals surface area (Å²) < 4.78 is 5.26. The Labute approximate surface area is 129 Å². The topological polar surface area (TPSA) is 38.5 Å². The van der Waals surface area contributed by atoms with Gasteiger partial charge in [-0.3, -0.25) is 4.90 Å². The average Bonchev–Trinajstić information content (AvgIpc) is 3.27. The molecule has 1 aliphatic carbocycles. The van der Waals surface area contributed by atoms with E-state index in [1.165, 1.54) is 24.8 Å². The van der Waals surface area contributed by atoms with Crippen molar-refractivity contribution in [3.63, 3.8) is 0 Å². The van der Waals surface area contributed by atoms with E-state index in [0.717, 1.165) is 24.3 Å². The smallest absolute Gasteiger partial charge is 0.118 e. The van der Waals surface area contributed by atoms with E-state index in [9.17, 15) is 0 Å². The summed E-state index contributed by atoms with van der Waals surface area (Å²) in [7, 11) is 1.71. The summed E-state index contributed by atoms with van der Waals surface area (Å²) >= 11 is 0. The normalized spacial score (nSPS) is 18.0. The van der Waals surface area contributed by atoms with Gasteiger partial charge in [-0.2, -0.15) is 0 Å². The molecule has 2 unspecified atom stereocenters. The second-order valence-corrected chi connectivity index (χ2v) is 6.73. The van der Waals surface area contributed by atoms with Crippen LogP contribution in [0, 0.1) is 5.92 Å². The maximum Gasteiger partial charge on any atom is 0.118 e. The molecule has 2 rings (SSSR count). The molecule has 1 aliphatic rings. The van der Waals surface area contributed by atoms with Gasteiger partial charge in [-0.25, -0.2) is 0 Å². The molecule has 0 heterocycles. The predicted octanol–water partition coefficient (Wildman–Crippen LogP) is 3.59. The van der Waals surface area contributed by atoms with Crippen LogP contribution in [0.1, 0.15) is 51.6 Å². The third-order valence-corrected chi connectivity index (χ3v) is 4.29. The van der Waals surface area contributed by atoms with Gasteiger partial charge < -0.3 is 10.5 Å². The summed E-state index contributed by atoms with van der Waals surface area (Å²) in [4.78, 5) is 2.63. The predicted molar refractivity (Wildman–Crippen MR) is 88.6 cm³/mol. The quantitative estimate of drug-likeness (QED) is 0.795. The molecule has 0 amide bonds. The van der Waals surface area contributed by atoms with Crippen molar-refractivity contribution in [2.75, 3.05) is 13.7 Å². The van der Waals surface area contributed by atoms with Crippen LogP contribution in [0.2, 0.25) is 0 Å². The summed E-state index contributed by atoms with van der Waals surface area (Å²) in [5.74, 6) is 1.64. The van der Waals surface area contributed by atoms with Crippen LogP contribution >= 0.6 is 0 Å². The van der Waals surface area contributed by atoms with Crippen LogP contribution in [0.15, 0.2) is 24.3 Å². The Kier molecular flexibility index (Phi) is 5.65. The zero-order valence-electron chi connectivity index (χ0n) is 13.9. The van der Waals surface area contributed by atoms with Gasteiger partial charge in [0.1, 0.15) is 5.75 Å². The summed E-state index contributed by atoms with van der Waals surface area (Å²) in [6.07, 6.45) is 3.87. The van der Waals surface area contributed by atoms with Crippen LogP contribution in [0.25, 0.3) is 0 Å². The molecule has 1 saturated carbocycles. The van der Waals surface area contributed by atoms with Gasteiger partial charge in [0.15, 0.2) is 0 Å². The number of nitrogens with zero attached hydrogens (tertiary/aromatic N) is 1. The van der Waals surface area contributed by atoms with Crippen molar-refractivity contribution in [1.29, 1.82) is 0 Å². The van der Waals surface area contributed by atoms with Gasteiger partial charge in [0.2, 0.25) is 0 Å². The Balaban J connectivity index is 2.17. The third-order valence-electron chi connectivity index (χ3n) is 4.29. The summed E-state index contributed by atoms with van der Waals surface area (Å²) in [5.41, 5.74) is 7.65. The van der Waals surface area contributed by atoms with Gasteiger partial charge in [-0.1, -0.05) is 26.0 Å². The first-order valence-corrected chi connectivity index (χ1v) is 8.18. The van der Waals surface area contributed by atoms with E-state index < -0.39 is 0 Å². The highest BCUT2D eigenvalue weighted by Gasteiger charge is 2.35. The number of benzene rings is 1. The number of rotatable bonds is 8. The van der Waals surface area contributed by atoms with Gasteiger partial charge in [0.05, 0.1) is 7.11 Å². The SMILES string of the molecule is COc1ccc(C(C(C)N)N(CCC(C)C)C2CC2)cc1. The standard InChI is InChI=1S/C18H30N2O/c1-13(2)11-12-20(16-7-8-16)18(14(3)19)15-5-9-17(21-4)10-6-15/h5-6,9-10,13-14,16,18H,7-8,11-12,19H2,1-4H3. The van der Waals surface area contributed by atoms with Gasteiger partial charge in [-0.05, 0) is 56.3 Å². The van der Waals surface area contributed by atoms with Crippen molar-refractivity contribution in [3.8, 4) is 5.75 Å². The molecule has 0 aliphatic heterocycles. The number of hydrogen-bond donors (Lipinski definition) is 1. The van der Waals surface area contributed by atoms with Gasteiger partial charge in [0, 0.05) is 18.1 Å². The van der Waals surface area contributed by atoms with Crippen LogP contribution < -0.4 is 10.5 Å². The molecule has 3 nitrogen and oxygen atoms in total. The molecule has 2 atom stereocenters. The molecule has 1 aromatic rings. The molecule has 0 spiro atoms. The molecule has 3 heteroatoms. The van der Waals surface area contributed by atoms with Crippen molar-refractivity contribution in [2.45, 2.75) is 58.2 Å². The van der Waals surface area contributed by atoms with Crippen LogP contribution in [-0.4, -0.2) is 30.6 Å². The number of hydrogen-bond acceptors (Lipinski definition) is 3. The maximum absolute atomic E-state index is 6.34.